The molecule has 0 saturated carbocycles. The number of aromatic hydroxyl groups is 1. The molecule has 1 atom stereocenters. The Labute approximate surface area is 116 Å². The van der Waals surface area contributed by atoms with E-state index in [1.54, 1.807) is 13.8 Å². The van der Waals surface area contributed by atoms with Crippen molar-refractivity contribution in [2.75, 3.05) is 0 Å². The van der Waals surface area contributed by atoms with Crippen LogP contribution in [0.25, 0.3) is 0 Å². The van der Waals surface area contributed by atoms with E-state index >= 15 is 0 Å². The van der Waals surface area contributed by atoms with E-state index in [0.29, 0.717) is 11.1 Å². The average Bonchev–Trinajstić information content (AvgIpc) is 2.10. The number of aliphatic hydroxyl groups excluding tert-OH is 1. The number of phenols is 1. The van der Waals surface area contributed by atoms with Crippen molar-refractivity contribution in [1.29, 1.82) is 0 Å². The van der Waals surface area contributed by atoms with Gasteiger partial charge < -0.3 is 14.8 Å². The second-order valence-corrected chi connectivity index (χ2v) is 4.78. The van der Waals surface area contributed by atoms with Crippen molar-refractivity contribution < 1.29 is 52.7 Å². The fraction of sp³-hybridized carbons (Fsp3) is 0.333. The van der Waals surface area contributed by atoms with Crippen LogP contribution in [-0.4, -0.2) is 23.2 Å². The number of hydrogen-bond acceptors (Lipinski definition) is 5. The summed E-state index contributed by atoms with van der Waals surface area (Å²) in [6, 6.07) is 2.53. The van der Waals surface area contributed by atoms with Gasteiger partial charge in [0.2, 0.25) is 0 Å². The van der Waals surface area contributed by atoms with Gasteiger partial charge in [0.15, 0.2) is 5.44 Å². The van der Waals surface area contributed by atoms with Crippen LogP contribution in [-0.2, 0) is 10.1 Å². The zero-order valence-electron chi connectivity index (χ0n) is 9.26. The van der Waals surface area contributed by atoms with Gasteiger partial charge in [0.05, 0.1) is 0 Å². The van der Waals surface area contributed by atoms with E-state index in [9.17, 15) is 23.2 Å². The SMILES string of the molecule is Cc1cc(C(O)S(=O)(=O)[O-])cc(C)c1O.[Na+]. The molecule has 0 aromatic heterocycles. The Hall–Kier alpha value is -0.110. The van der Waals surface area contributed by atoms with Gasteiger partial charge in [-0.15, -0.1) is 0 Å². The first kappa shape index (κ1) is 15.9. The summed E-state index contributed by atoms with van der Waals surface area (Å²) in [6.07, 6.45) is 0. The number of rotatable bonds is 2. The van der Waals surface area contributed by atoms with Crippen LogP contribution in [0.5, 0.6) is 5.75 Å². The van der Waals surface area contributed by atoms with Crippen LogP contribution in [0.2, 0.25) is 0 Å². The Morgan fingerprint density at radius 1 is 1.25 bits per heavy atom. The third-order valence-electron chi connectivity index (χ3n) is 2.07. The summed E-state index contributed by atoms with van der Waals surface area (Å²) < 4.78 is 31.7. The van der Waals surface area contributed by atoms with Crippen molar-refractivity contribution in [3.8, 4) is 5.75 Å². The molecular weight excluding hydrogens is 243 g/mol. The fourth-order valence-corrected chi connectivity index (χ4v) is 1.77. The molecule has 0 aliphatic carbocycles. The summed E-state index contributed by atoms with van der Waals surface area (Å²) in [4.78, 5) is 0. The first-order valence-electron chi connectivity index (χ1n) is 4.16. The number of benzene rings is 1. The summed E-state index contributed by atoms with van der Waals surface area (Å²) in [6.45, 7) is 3.10. The van der Waals surface area contributed by atoms with Gasteiger partial charge in [-0.1, -0.05) is 0 Å². The minimum atomic E-state index is -4.78. The van der Waals surface area contributed by atoms with Gasteiger partial charge >= 0.3 is 29.6 Å². The Kier molecular flexibility index (Phi) is 5.45. The number of phenolic OH excluding ortho intramolecular Hbond substituents is 1. The molecule has 0 fully saturated rings. The molecule has 0 bridgehead atoms. The van der Waals surface area contributed by atoms with Crippen molar-refractivity contribution >= 4 is 10.1 Å². The zero-order chi connectivity index (χ0) is 11.8. The van der Waals surface area contributed by atoms with Gasteiger partial charge in [0.1, 0.15) is 15.9 Å². The minimum Gasteiger partial charge on any atom is -0.746 e. The van der Waals surface area contributed by atoms with Crippen LogP contribution in [0, 0.1) is 13.8 Å². The number of aryl methyl sites for hydroxylation is 2. The van der Waals surface area contributed by atoms with Gasteiger partial charge in [0, 0.05) is 0 Å². The predicted molar refractivity (Wildman–Crippen MR) is 52.2 cm³/mol. The van der Waals surface area contributed by atoms with Crippen molar-refractivity contribution in [2.45, 2.75) is 19.3 Å². The van der Waals surface area contributed by atoms with E-state index < -0.39 is 15.6 Å². The first-order chi connectivity index (χ1) is 6.73. The third kappa shape index (κ3) is 3.44. The molecule has 0 radical (unpaired) electrons. The van der Waals surface area contributed by atoms with E-state index in [1.165, 1.54) is 12.1 Å². The molecule has 5 nitrogen and oxygen atoms in total. The number of hydrogen-bond donors (Lipinski definition) is 2. The molecule has 1 unspecified atom stereocenters. The fourth-order valence-electron chi connectivity index (χ4n) is 1.30. The molecule has 1 rings (SSSR count). The van der Waals surface area contributed by atoms with Gasteiger partial charge in [-0.2, -0.15) is 0 Å². The molecule has 0 amide bonds. The van der Waals surface area contributed by atoms with Crippen LogP contribution in [0.3, 0.4) is 0 Å². The van der Waals surface area contributed by atoms with Crippen LogP contribution in [0.1, 0.15) is 22.1 Å². The molecule has 1 aromatic rings. The second kappa shape index (κ2) is 5.48. The second-order valence-electron chi connectivity index (χ2n) is 3.35. The minimum absolute atomic E-state index is 0. The largest absolute Gasteiger partial charge is 1.00 e. The van der Waals surface area contributed by atoms with Crippen molar-refractivity contribution in [3.63, 3.8) is 0 Å². The van der Waals surface area contributed by atoms with E-state index in [0.717, 1.165) is 0 Å². The van der Waals surface area contributed by atoms with E-state index in [-0.39, 0.29) is 40.9 Å². The van der Waals surface area contributed by atoms with Crippen LogP contribution >= 0.6 is 0 Å². The van der Waals surface area contributed by atoms with Crippen LogP contribution in [0.4, 0.5) is 0 Å². The Bertz CT molecular complexity index is 460. The molecular formula is C9H11NaO5S. The van der Waals surface area contributed by atoms with Gasteiger partial charge in [-0.25, -0.2) is 8.42 Å². The maximum Gasteiger partial charge on any atom is 1.00 e. The van der Waals surface area contributed by atoms with Gasteiger partial charge in [0.25, 0.3) is 0 Å². The van der Waals surface area contributed by atoms with Gasteiger partial charge in [-0.05, 0) is 42.7 Å². The predicted octanol–water partition coefficient (Wildman–Crippen LogP) is -2.45. The monoisotopic (exact) mass is 254 g/mol. The summed E-state index contributed by atoms with van der Waals surface area (Å²) in [7, 11) is -4.78. The van der Waals surface area contributed by atoms with E-state index in [2.05, 4.69) is 0 Å². The summed E-state index contributed by atoms with van der Waals surface area (Å²) in [5.74, 6) is 0.0225. The zero-order valence-corrected chi connectivity index (χ0v) is 12.1. The molecule has 84 valence electrons. The molecule has 2 N–H and O–H groups in total. The van der Waals surface area contributed by atoms with E-state index in [4.69, 9.17) is 0 Å². The molecule has 0 heterocycles. The molecule has 7 heteroatoms. The molecule has 1 aromatic carbocycles. The first-order valence-corrected chi connectivity index (χ1v) is 5.63. The van der Waals surface area contributed by atoms with Crippen LogP contribution in [0.15, 0.2) is 12.1 Å². The molecule has 0 saturated heterocycles. The Morgan fingerprint density at radius 3 is 1.94 bits per heavy atom. The summed E-state index contributed by atoms with van der Waals surface area (Å²) in [5.41, 5.74) is -1.30. The quantitative estimate of drug-likeness (QED) is 0.451. The smallest absolute Gasteiger partial charge is 0.746 e. The van der Waals surface area contributed by atoms with Gasteiger partial charge in [-0.3, -0.25) is 0 Å². The van der Waals surface area contributed by atoms with Crippen molar-refractivity contribution in [3.05, 3.63) is 28.8 Å². The standard InChI is InChI=1S/C9H12O5S.Na/c1-5-3-7(4-6(2)8(5)10)9(11)15(12,13)14;/h3-4,9-11H,1-2H3,(H,12,13,14);/q;+1/p-1. The Morgan fingerprint density at radius 2 is 1.62 bits per heavy atom. The van der Waals surface area contributed by atoms with Crippen molar-refractivity contribution in [2.24, 2.45) is 0 Å². The van der Waals surface area contributed by atoms with E-state index in [1.807, 2.05) is 0 Å². The van der Waals surface area contributed by atoms with Crippen molar-refractivity contribution in [1.82, 2.24) is 0 Å². The molecule has 0 aliphatic heterocycles. The number of aliphatic hydroxyl groups is 1. The maximum atomic E-state index is 10.6. The summed E-state index contributed by atoms with van der Waals surface area (Å²) in [5, 5.41) is 18.6. The third-order valence-corrected chi connectivity index (χ3v) is 2.89. The van der Waals surface area contributed by atoms with Crippen LogP contribution < -0.4 is 29.6 Å². The molecule has 0 spiro atoms. The Balaban J connectivity index is 0.00000225. The summed E-state index contributed by atoms with van der Waals surface area (Å²) >= 11 is 0. The average molecular weight is 254 g/mol. The topological polar surface area (TPSA) is 97.7 Å². The maximum absolute atomic E-state index is 10.6. The normalized spacial score (nSPS) is 13.0. The molecule has 0 aliphatic rings. The molecule has 16 heavy (non-hydrogen) atoms.